The number of hydrogen-bond acceptors (Lipinski definition) is 8. The van der Waals surface area contributed by atoms with Crippen LogP contribution in [0.3, 0.4) is 0 Å². The van der Waals surface area contributed by atoms with Crippen LogP contribution in [-0.2, 0) is 4.74 Å². The maximum atomic E-state index is 6.20. The molecule has 8 heteroatoms. The maximum absolute atomic E-state index is 6.20. The SMILES string of the molecule is COc1cc2nc(N3CCN(C4CCCO4)CC3)nc(N)c2cc1OC. The van der Waals surface area contributed by atoms with E-state index in [2.05, 4.69) is 14.8 Å². The van der Waals surface area contributed by atoms with Crippen molar-refractivity contribution in [1.29, 1.82) is 0 Å². The minimum atomic E-state index is 0.275. The Morgan fingerprint density at radius 1 is 1.08 bits per heavy atom. The van der Waals surface area contributed by atoms with Crippen LogP contribution >= 0.6 is 0 Å². The van der Waals surface area contributed by atoms with Crippen molar-refractivity contribution < 1.29 is 14.2 Å². The highest BCUT2D eigenvalue weighted by molar-refractivity contribution is 5.91. The van der Waals surface area contributed by atoms with Gasteiger partial charge >= 0.3 is 0 Å². The van der Waals surface area contributed by atoms with Crippen LogP contribution in [0.4, 0.5) is 11.8 Å². The molecule has 0 spiro atoms. The van der Waals surface area contributed by atoms with Crippen LogP contribution in [0, 0.1) is 0 Å². The second-order valence-corrected chi connectivity index (χ2v) is 6.62. The molecule has 1 aromatic heterocycles. The predicted octanol–water partition coefficient (Wildman–Crippen LogP) is 1.49. The average molecular weight is 359 g/mol. The van der Waals surface area contributed by atoms with Gasteiger partial charge in [-0.3, -0.25) is 4.90 Å². The molecule has 0 aliphatic carbocycles. The van der Waals surface area contributed by atoms with Crippen LogP contribution in [0.1, 0.15) is 12.8 Å². The number of benzene rings is 1. The number of hydrogen-bond donors (Lipinski definition) is 1. The summed E-state index contributed by atoms with van der Waals surface area (Å²) in [6.45, 7) is 4.48. The summed E-state index contributed by atoms with van der Waals surface area (Å²) in [6.07, 6.45) is 2.55. The number of piperazine rings is 1. The van der Waals surface area contributed by atoms with E-state index in [1.54, 1.807) is 14.2 Å². The fourth-order valence-corrected chi connectivity index (χ4v) is 3.67. The molecule has 0 saturated carbocycles. The summed E-state index contributed by atoms with van der Waals surface area (Å²) < 4.78 is 16.5. The number of fused-ring (bicyclic) bond motifs is 1. The molecular formula is C18H25N5O3. The van der Waals surface area contributed by atoms with E-state index in [1.165, 1.54) is 0 Å². The minimum Gasteiger partial charge on any atom is -0.493 e. The largest absolute Gasteiger partial charge is 0.493 e. The highest BCUT2D eigenvalue weighted by Crippen LogP contribution is 2.34. The fraction of sp³-hybridized carbons (Fsp3) is 0.556. The summed E-state index contributed by atoms with van der Waals surface area (Å²) in [5, 5.41) is 0.768. The summed E-state index contributed by atoms with van der Waals surface area (Å²) in [6, 6.07) is 3.67. The molecule has 140 valence electrons. The van der Waals surface area contributed by atoms with Gasteiger partial charge in [-0.05, 0) is 18.9 Å². The number of ether oxygens (including phenoxy) is 3. The van der Waals surface area contributed by atoms with Gasteiger partial charge < -0.3 is 24.8 Å². The van der Waals surface area contributed by atoms with E-state index in [-0.39, 0.29) is 6.23 Å². The zero-order valence-electron chi connectivity index (χ0n) is 15.3. The van der Waals surface area contributed by atoms with E-state index in [1.807, 2.05) is 12.1 Å². The standard InChI is InChI=1S/C18H25N5O3/c1-24-14-10-12-13(11-15(14)25-2)20-18(21-17(12)19)23-7-5-22(6-8-23)16-4-3-9-26-16/h10-11,16H,3-9H2,1-2H3,(H2,19,20,21). The number of rotatable bonds is 4. The third-order valence-corrected chi connectivity index (χ3v) is 5.13. The second-order valence-electron chi connectivity index (χ2n) is 6.62. The third kappa shape index (κ3) is 3.10. The minimum absolute atomic E-state index is 0.275. The van der Waals surface area contributed by atoms with Gasteiger partial charge in [-0.15, -0.1) is 0 Å². The van der Waals surface area contributed by atoms with Crippen LogP contribution < -0.4 is 20.1 Å². The van der Waals surface area contributed by atoms with Gasteiger partial charge in [-0.25, -0.2) is 4.98 Å². The van der Waals surface area contributed by atoms with Gasteiger partial charge in [0, 0.05) is 44.2 Å². The van der Waals surface area contributed by atoms with Crippen LogP contribution in [0.2, 0.25) is 0 Å². The van der Waals surface area contributed by atoms with Crippen LogP contribution in [-0.4, -0.2) is 68.1 Å². The molecule has 26 heavy (non-hydrogen) atoms. The Morgan fingerprint density at radius 2 is 1.81 bits per heavy atom. The summed E-state index contributed by atoms with van der Waals surface area (Å²) in [4.78, 5) is 13.8. The van der Waals surface area contributed by atoms with E-state index in [0.717, 1.165) is 56.5 Å². The number of anilines is 2. The smallest absolute Gasteiger partial charge is 0.227 e. The highest BCUT2D eigenvalue weighted by atomic mass is 16.5. The molecule has 0 radical (unpaired) electrons. The topological polar surface area (TPSA) is 86.0 Å². The molecule has 8 nitrogen and oxygen atoms in total. The Morgan fingerprint density at radius 3 is 2.46 bits per heavy atom. The van der Waals surface area contributed by atoms with Crippen molar-refractivity contribution in [3.8, 4) is 11.5 Å². The van der Waals surface area contributed by atoms with Crippen molar-refractivity contribution in [3.63, 3.8) is 0 Å². The van der Waals surface area contributed by atoms with Crippen LogP contribution in [0.15, 0.2) is 12.1 Å². The molecule has 2 N–H and O–H groups in total. The quantitative estimate of drug-likeness (QED) is 0.879. The molecule has 2 aromatic rings. The highest BCUT2D eigenvalue weighted by Gasteiger charge is 2.28. The van der Waals surface area contributed by atoms with E-state index in [0.29, 0.717) is 23.3 Å². The zero-order valence-corrected chi connectivity index (χ0v) is 15.3. The van der Waals surface area contributed by atoms with Crippen LogP contribution in [0.5, 0.6) is 11.5 Å². The Balaban J connectivity index is 1.57. The molecule has 2 aliphatic heterocycles. The first kappa shape index (κ1) is 17.1. The van der Waals surface area contributed by atoms with Crippen molar-refractivity contribution in [3.05, 3.63) is 12.1 Å². The number of nitrogens with zero attached hydrogens (tertiary/aromatic N) is 4. The van der Waals surface area contributed by atoms with Crippen molar-refractivity contribution in [2.24, 2.45) is 0 Å². The first-order valence-electron chi connectivity index (χ1n) is 8.99. The van der Waals surface area contributed by atoms with Gasteiger partial charge in [0.1, 0.15) is 12.0 Å². The molecule has 2 saturated heterocycles. The predicted molar refractivity (Wildman–Crippen MR) is 99.8 cm³/mol. The van der Waals surface area contributed by atoms with Gasteiger partial charge in [0.2, 0.25) is 5.95 Å². The molecule has 1 unspecified atom stereocenters. The lowest BCUT2D eigenvalue weighted by Gasteiger charge is -2.37. The lowest BCUT2D eigenvalue weighted by molar-refractivity contribution is -0.0223. The molecule has 2 aliphatic rings. The van der Waals surface area contributed by atoms with E-state index in [9.17, 15) is 0 Å². The number of nitrogen functional groups attached to an aromatic ring is 1. The zero-order chi connectivity index (χ0) is 18.1. The van der Waals surface area contributed by atoms with Gasteiger partial charge in [0.15, 0.2) is 11.5 Å². The normalized spacial score (nSPS) is 21.3. The Bertz CT molecular complexity index is 786. The van der Waals surface area contributed by atoms with Gasteiger partial charge in [0.05, 0.1) is 19.7 Å². The van der Waals surface area contributed by atoms with Gasteiger partial charge in [0.25, 0.3) is 0 Å². The summed E-state index contributed by atoms with van der Waals surface area (Å²) in [7, 11) is 3.21. The third-order valence-electron chi connectivity index (χ3n) is 5.13. The van der Waals surface area contributed by atoms with E-state index < -0.39 is 0 Å². The van der Waals surface area contributed by atoms with E-state index in [4.69, 9.17) is 24.9 Å². The second kappa shape index (κ2) is 7.13. The monoisotopic (exact) mass is 359 g/mol. The summed E-state index contributed by atoms with van der Waals surface area (Å²) >= 11 is 0. The van der Waals surface area contributed by atoms with Crippen molar-refractivity contribution in [2.45, 2.75) is 19.1 Å². The Labute approximate surface area is 152 Å². The summed E-state index contributed by atoms with van der Waals surface area (Å²) in [5.41, 5.74) is 6.96. The van der Waals surface area contributed by atoms with Crippen molar-refractivity contribution in [2.75, 3.05) is 57.6 Å². The molecular weight excluding hydrogens is 334 g/mol. The molecule has 4 rings (SSSR count). The lowest BCUT2D eigenvalue weighted by Crippen LogP contribution is -2.50. The van der Waals surface area contributed by atoms with Gasteiger partial charge in [-0.2, -0.15) is 4.98 Å². The summed E-state index contributed by atoms with van der Waals surface area (Å²) in [5.74, 6) is 2.36. The van der Waals surface area contributed by atoms with Crippen molar-refractivity contribution >= 4 is 22.7 Å². The van der Waals surface area contributed by atoms with E-state index >= 15 is 0 Å². The first-order chi connectivity index (χ1) is 12.7. The molecule has 2 fully saturated rings. The molecule has 1 atom stereocenters. The molecule has 0 bridgehead atoms. The first-order valence-corrected chi connectivity index (χ1v) is 8.99. The maximum Gasteiger partial charge on any atom is 0.227 e. The van der Waals surface area contributed by atoms with Crippen LogP contribution in [0.25, 0.3) is 10.9 Å². The molecule has 3 heterocycles. The molecule has 0 amide bonds. The Hall–Kier alpha value is -2.32. The van der Waals surface area contributed by atoms with Gasteiger partial charge in [-0.1, -0.05) is 0 Å². The Kier molecular flexibility index (Phi) is 4.69. The average Bonchev–Trinajstić information content (AvgIpc) is 3.22. The number of methoxy groups -OCH3 is 2. The lowest BCUT2D eigenvalue weighted by atomic mass is 10.2. The molecule has 1 aromatic carbocycles. The fourth-order valence-electron chi connectivity index (χ4n) is 3.67. The number of nitrogens with two attached hydrogens (primary N) is 1. The van der Waals surface area contributed by atoms with Crippen molar-refractivity contribution in [1.82, 2.24) is 14.9 Å². The number of aromatic nitrogens is 2.